The number of pyridine rings is 1. The molecule has 2 aromatic heterocycles. The summed E-state index contributed by atoms with van der Waals surface area (Å²) in [5, 5.41) is 10.7. The summed E-state index contributed by atoms with van der Waals surface area (Å²) in [6, 6.07) is 5.63. The molecule has 0 radical (unpaired) electrons. The number of hydrogen-bond acceptors (Lipinski definition) is 5. The van der Waals surface area contributed by atoms with Crippen LogP contribution in [0.25, 0.3) is 22.3 Å². The Morgan fingerprint density at radius 1 is 1.41 bits per heavy atom. The number of aryl methyl sites for hydroxylation is 2. The number of nitrogens with zero attached hydrogens (tertiary/aromatic N) is 3. The highest BCUT2D eigenvalue weighted by molar-refractivity contribution is 6.12. The van der Waals surface area contributed by atoms with Crippen LogP contribution in [-0.4, -0.2) is 34.0 Å². The van der Waals surface area contributed by atoms with Gasteiger partial charge in [0.1, 0.15) is 5.75 Å². The smallest absolute Gasteiger partial charge is 0.283 e. The van der Waals surface area contributed by atoms with Gasteiger partial charge in [0.05, 0.1) is 24.1 Å². The van der Waals surface area contributed by atoms with Crippen LogP contribution in [0.3, 0.4) is 0 Å². The minimum atomic E-state index is -0.199. The summed E-state index contributed by atoms with van der Waals surface area (Å²) in [7, 11) is 3.61. The second-order valence-corrected chi connectivity index (χ2v) is 6.18. The number of imidazole rings is 1. The third-order valence-corrected chi connectivity index (χ3v) is 4.38. The van der Waals surface area contributed by atoms with Crippen molar-refractivity contribution in [3.63, 3.8) is 0 Å². The van der Waals surface area contributed by atoms with E-state index in [1.54, 1.807) is 34.9 Å². The molecule has 27 heavy (non-hydrogen) atoms. The normalized spacial score (nSPS) is 11.6. The molecule has 0 bridgehead atoms. The lowest BCUT2D eigenvalue weighted by Gasteiger charge is -2.14. The highest BCUT2D eigenvalue weighted by atomic mass is 16.5. The highest BCUT2D eigenvalue weighted by Crippen LogP contribution is 2.25. The van der Waals surface area contributed by atoms with E-state index in [9.17, 15) is 4.79 Å². The van der Waals surface area contributed by atoms with E-state index in [0.717, 1.165) is 22.6 Å². The maximum atomic E-state index is 13.1. The Labute approximate surface area is 157 Å². The number of hydrogen-bond donors (Lipinski definition) is 2. The molecule has 0 saturated carbocycles. The largest absolute Gasteiger partial charge is 0.494 e. The fraction of sp³-hybridized carbons (Fsp3) is 0.250. The summed E-state index contributed by atoms with van der Waals surface area (Å²) >= 11 is 0. The zero-order chi connectivity index (χ0) is 19.6. The second-order valence-electron chi connectivity index (χ2n) is 6.18. The Kier molecular flexibility index (Phi) is 5.12. The van der Waals surface area contributed by atoms with Gasteiger partial charge in [-0.25, -0.2) is 4.98 Å². The van der Waals surface area contributed by atoms with Crippen molar-refractivity contribution in [2.24, 2.45) is 7.05 Å². The minimum absolute atomic E-state index is 0.199. The van der Waals surface area contributed by atoms with Gasteiger partial charge < -0.3 is 20.0 Å². The second kappa shape index (κ2) is 7.49. The molecule has 2 heterocycles. The highest BCUT2D eigenvalue weighted by Gasteiger charge is 2.17. The van der Waals surface area contributed by atoms with E-state index < -0.39 is 0 Å². The molecule has 140 valence electrons. The van der Waals surface area contributed by atoms with Crippen LogP contribution in [0.5, 0.6) is 5.75 Å². The fourth-order valence-corrected chi connectivity index (χ4v) is 3.16. The Bertz CT molecular complexity index is 1090. The summed E-state index contributed by atoms with van der Waals surface area (Å²) in [5.41, 5.74) is 3.95. The lowest BCUT2D eigenvalue weighted by molar-refractivity contribution is 0.340. The molecule has 0 atom stereocenters. The first-order valence-electron chi connectivity index (χ1n) is 8.70. The van der Waals surface area contributed by atoms with Crippen molar-refractivity contribution in [1.29, 1.82) is 5.41 Å². The SMILES string of the molecule is CCOc1ccc(-n2cc(/C(C=N)=C/NC)c3c(ncn3C)c2=O)c(C)c1. The first-order valence-corrected chi connectivity index (χ1v) is 8.70. The average Bonchev–Trinajstić information content (AvgIpc) is 3.04. The van der Waals surface area contributed by atoms with Gasteiger partial charge in [-0.2, -0.15) is 0 Å². The Morgan fingerprint density at radius 2 is 2.19 bits per heavy atom. The topological polar surface area (TPSA) is 84.9 Å². The summed E-state index contributed by atoms with van der Waals surface area (Å²) in [5.74, 6) is 0.765. The average molecular weight is 365 g/mol. The zero-order valence-corrected chi connectivity index (χ0v) is 15.9. The molecule has 7 heteroatoms. The van der Waals surface area contributed by atoms with Crippen molar-refractivity contribution < 1.29 is 4.74 Å². The molecule has 0 unspecified atom stereocenters. The van der Waals surface area contributed by atoms with E-state index in [4.69, 9.17) is 10.1 Å². The predicted octanol–water partition coefficient (Wildman–Crippen LogP) is 2.64. The molecular formula is C20H23N5O2. The molecule has 2 N–H and O–H groups in total. The summed E-state index contributed by atoms with van der Waals surface area (Å²) in [6.45, 7) is 4.45. The van der Waals surface area contributed by atoms with Gasteiger partial charge in [0, 0.05) is 43.8 Å². The van der Waals surface area contributed by atoms with Crippen molar-refractivity contribution in [3.05, 3.63) is 58.4 Å². The molecule has 3 aromatic rings. The van der Waals surface area contributed by atoms with Crippen LogP contribution in [0.1, 0.15) is 18.1 Å². The minimum Gasteiger partial charge on any atom is -0.494 e. The maximum absolute atomic E-state index is 13.1. The summed E-state index contributed by atoms with van der Waals surface area (Å²) in [6.07, 6.45) is 6.38. The molecule has 0 saturated heterocycles. The Hall–Kier alpha value is -3.35. The van der Waals surface area contributed by atoms with E-state index in [1.165, 1.54) is 6.21 Å². The van der Waals surface area contributed by atoms with Gasteiger partial charge >= 0.3 is 0 Å². The summed E-state index contributed by atoms with van der Waals surface area (Å²) in [4.78, 5) is 17.4. The van der Waals surface area contributed by atoms with Crippen molar-refractivity contribution in [2.45, 2.75) is 13.8 Å². The van der Waals surface area contributed by atoms with Crippen LogP contribution in [0, 0.1) is 12.3 Å². The number of benzene rings is 1. The molecule has 7 nitrogen and oxygen atoms in total. The monoisotopic (exact) mass is 365 g/mol. The van der Waals surface area contributed by atoms with Gasteiger partial charge in [-0.3, -0.25) is 9.36 Å². The lowest BCUT2D eigenvalue weighted by atomic mass is 10.1. The molecule has 0 aliphatic heterocycles. The summed E-state index contributed by atoms with van der Waals surface area (Å²) < 4.78 is 8.93. The van der Waals surface area contributed by atoms with Gasteiger partial charge in [-0.1, -0.05) is 0 Å². The first kappa shape index (κ1) is 18.4. The molecule has 3 rings (SSSR count). The molecule has 1 aromatic carbocycles. The predicted molar refractivity (Wildman–Crippen MR) is 108 cm³/mol. The van der Waals surface area contributed by atoms with Crippen LogP contribution < -0.4 is 15.6 Å². The number of fused-ring (bicyclic) bond motifs is 1. The first-order chi connectivity index (χ1) is 13.0. The number of rotatable bonds is 6. The van der Waals surface area contributed by atoms with E-state index in [-0.39, 0.29) is 5.56 Å². The number of aromatic nitrogens is 3. The quantitative estimate of drug-likeness (QED) is 0.658. The van der Waals surface area contributed by atoms with Gasteiger partial charge in [0.2, 0.25) is 0 Å². The van der Waals surface area contributed by atoms with Crippen LogP contribution >= 0.6 is 0 Å². The number of allylic oxidation sites excluding steroid dienone is 1. The van der Waals surface area contributed by atoms with E-state index in [2.05, 4.69) is 10.3 Å². The standard InChI is InChI=1S/C20H23N5O2/c1-5-27-15-6-7-17(13(2)8-15)25-11-16(14(9-21)10-22-3)19-18(20(25)26)23-12-24(19)4/h6-12,21-22H,5H2,1-4H3/b14-10+,21-9?. The van der Waals surface area contributed by atoms with Crippen molar-refractivity contribution in [3.8, 4) is 11.4 Å². The molecular weight excluding hydrogens is 342 g/mol. The molecule has 0 spiro atoms. The van der Waals surface area contributed by atoms with E-state index in [0.29, 0.717) is 23.2 Å². The van der Waals surface area contributed by atoms with Gasteiger partial charge in [0.15, 0.2) is 5.52 Å². The number of ether oxygens (including phenoxy) is 1. The van der Waals surface area contributed by atoms with Crippen molar-refractivity contribution >= 4 is 22.8 Å². The maximum Gasteiger partial charge on any atom is 0.283 e. The van der Waals surface area contributed by atoms with Crippen molar-refractivity contribution in [1.82, 2.24) is 19.4 Å². The van der Waals surface area contributed by atoms with Crippen LogP contribution in [-0.2, 0) is 7.05 Å². The number of nitrogens with one attached hydrogen (secondary N) is 2. The van der Waals surface area contributed by atoms with E-state index in [1.807, 2.05) is 39.1 Å². The van der Waals surface area contributed by atoms with Crippen LogP contribution in [0.15, 0.2) is 41.7 Å². The molecule has 0 fully saturated rings. The third-order valence-electron chi connectivity index (χ3n) is 4.38. The fourth-order valence-electron chi connectivity index (χ4n) is 3.16. The van der Waals surface area contributed by atoms with E-state index >= 15 is 0 Å². The zero-order valence-electron chi connectivity index (χ0n) is 15.9. The Balaban J connectivity index is 2.32. The van der Waals surface area contributed by atoms with Gasteiger partial charge in [0.25, 0.3) is 5.56 Å². The van der Waals surface area contributed by atoms with Gasteiger partial charge in [-0.15, -0.1) is 0 Å². The molecule has 0 aliphatic rings. The van der Waals surface area contributed by atoms with Crippen LogP contribution in [0.4, 0.5) is 0 Å². The lowest BCUT2D eigenvalue weighted by Crippen LogP contribution is -2.20. The molecule has 0 amide bonds. The third kappa shape index (κ3) is 3.23. The Morgan fingerprint density at radius 3 is 2.81 bits per heavy atom. The van der Waals surface area contributed by atoms with Crippen LogP contribution in [0.2, 0.25) is 0 Å². The van der Waals surface area contributed by atoms with Gasteiger partial charge in [-0.05, 0) is 37.6 Å². The molecule has 0 aliphatic carbocycles. The van der Waals surface area contributed by atoms with Crippen molar-refractivity contribution in [2.75, 3.05) is 13.7 Å².